The average Bonchev–Trinajstić information content (AvgIpc) is 3.03. The molecule has 0 radical (unpaired) electrons. The number of nitrogens with one attached hydrogen (secondary N) is 1. The van der Waals surface area contributed by atoms with E-state index in [4.69, 9.17) is 4.74 Å². The quantitative estimate of drug-likeness (QED) is 0.940. The van der Waals surface area contributed by atoms with Gasteiger partial charge < -0.3 is 15.0 Å². The molecule has 0 fully saturated rings. The number of nitrogens with zero attached hydrogens (tertiary/aromatic N) is 1. The van der Waals surface area contributed by atoms with Crippen molar-refractivity contribution in [1.29, 1.82) is 0 Å². The molecule has 24 heavy (non-hydrogen) atoms. The number of amides is 2. The lowest BCUT2D eigenvalue weighted by Crippen LogP contribution is -2.25. The summed E-state index contributed by atoms with van der Waals surface area (Å²) >= 11 is 0. The van der Waals surface area contributed by atoms with Crippen LogP contribution in [0.3, 0.4) is 0 Å². The smallest absolute Gasteiger partial charge is 0.251 e. The molecule has 2 aromatic carbocycles. The van der Waals surface area contributed by atoms with E-state index in [2.05, 4.69) is 11.4 Å². The van der Waals surface area contributed by atoms with E-state index >= 15 is 0 Å². The van der Waals surface area contributed by atoms with Crippen molar-refractivity contribution in [2.75, 3.05) is 18.6 Å². The van der Waals surface area contributed by atoms with Crippen LogP contribution in [0, 0.1) is 0 Å². The molecule has 1 aliphatic heterocycles. The zero-order valence-corrected chi connectivity index (χ0v) is 13.8. The van der Waals surface area contributed by atoms with Crippen molar-refractivity contribution in [2.45, 2.75) is 19.9 Å². The molecule has 0 aromatic heterocycles. The molecule has 5 nitrogen and oxygen atoms in total. The second-order valence-electron chi connectivity index (χ2n) is 5.79. The number of benzene rings is 2. The van der Waals surface area contributed by atoms with Gasteiger partial charge in [0.2, 0.25) is 5.91 Å². The average molecular weight is 324 g/mol. The fourth-order valence-electron chi connectivity index (χ4n) is 2.92. The Hall–Kier alpha value is -2.82. The van der Waals surface area contributed by atoms with Gasteiger partial charge in [-0.2, -0.15) is 0 Å². The predicted molar refractivity (Wildman–Crippen MR) is 92.3 cm³/mol. The lowest BCUT2D eigenvalue weighted by molar-refractivity contribution is -0.116. The summed E-state index contributed by atoms with van der Waals surface area (Å²) in [7, 11) is 1.59. The van der Waals surface area contributed by atoms with Gasteiger partial charge in [-0.05, 0) is 47.9 Å². The number of hydrogen-bond acceptors (Lipinski definition) is 3. The van der Waals surface area contributed by atoms with Crippen LogP contribution in [-0.2, 0) is 17.8 Å². The maximum atomic E-state index is 12.2. The molecule has 5 heteroatoms. The molecule has 1 aliphatic rings. The van der Waals surface area contributed by atoms with Crippen molar-refractivity contribution in [1.82, 2.24) is 5.32 Å². The number of ether oxygens (including phenoxy) is 1. The van der Waals surface area contributed by atoms with E-state index in [0.717, 1.165) is 35.5 Å². The second kappa shape index (κ2) is 6.74. The van der Waals surface area contributed by atoms with Gasteiger partial charge in [-0.1, -0.05) is 12.1 Å². The summed E-state index contributed by atoms with van der Waals surface area (Å²) < 4.78 is 5.09. The van der Waals surface area contributed by atoms with Crippen LogP contribution in [0.15, 0.2) is 42.5 Å². The maximum Gasteiger partial charge on any atom is 0.251 e. The third kappa shape index (κ3) is 3.25. The number of rotatable bonds is 4. The standard InChI is InChI=1S/C19H20N2O3/c1-13(22)21-10-9-16-11-14(3-8-18(16)21)12-20-19(23)15-4-6-17(24-2)7-5-15/h3-8,11H,9-10,12H2,1-2H3,(H,20,23). The zero-order valence-electron chi connectivity index (χ0n) is 13.8. The minimum atomic E-state index is -0.122. The van der Waals surface area contributed by atoms with Crippen LogP contribution >= 0.6 is 0 Å². The van der Waals surface area contributed by atoms with Gasteiger partial charge in [0.15, 0.2) is 0 Å². The molecule has 3 rings (SSSR count). The van der Waals surface area contributed by atoms with Gasteiger partial charge in [0.05, 0.1) is 7.11 Å². The number of hydrogen-bond donors (Lipinski definition) is 1. The van der Waals surface area contributed by atoms with Gasteiger partial charge in [0.25, 0.3) is 5.91 Å². The van der Waals surface area contributed by atoms with Crippen LogP contribution in [0.4, 0.5) is 5.69 Å². The van der Waals surface area contributed by atoms with Crippen molar-refractivity contribution in [2.24, 2.45) is 0 Å². The summed E-state index contributed by atoms with van der Waals surface area (Å²) in [5.74, 6) is 0.665. The van der Waals surface area contributed by atoms with E-state index in [9.17, 15) is 9.59 Å². The second-order valence-corrected chi connectivity index (χ2v) is 5.79. The van der Waals surface area contributed by atoms with E-state index < -0.39 is 0 Å². The van der Waals surface area contributed by atoms with Crippen LogP contribution < -0.4 is 15.0 Å². The van der Waals surface area contributed by atoms with E-state index in [0.29, 0.717) is 12.1 Å². The minimum Gasteiger partial charge on any atom is -0.497 e. The van der Waals surface area contributed by atoms with E-state index in [1.165, 1.54) is 0 Å². The highest BCUT2D eigenvalue weighted by atomic mass is 16.5. The molecule has 0 bridgehead atoms. The van der Waals surface area contributed by atoms with E-state index in [1.54, 1.807) is 43.2 Å². The van der Waals surface area contributed by atoms with Gasteiger partial charge >= 0.3 is 0 Å². The number of carbonyl (C=O) groups excluding carboxylic acids is 2. The first-order valence-electron chi connectivity index (χ1n) is 7.90. The molecule has 0 atom stereocenters. The van der Waals surface area contributed by atoms with Gasteiger partial charge in [-0.15, -0.1) is 0 Å². The molecular formula is C19H20N2O3. The molecular weight excluding hydrogens is 304 g/mol. The monoisotopic (exact) mass is 324 g/mol. The molecule has 0 unspecified atom stereocenters. The minimum absolute atomic E-state index is 0.0642. The van der Waals surface area contributed by atoms with Crippen molar-refractivity contribution in [3.05, 3.63) is 59.2 Å². The Morgan fingerprint density at radius 2 is 1.92 bits per heavy atom. The SMILES string of the molecule is COc1ccc(C(=O)NCc2ccc3c(c2)CCN3C(C)=O)cc1. The highest BCUT2D eigenvalue weighted by Crippen LogP contribution is 2.28. The summed E-state index contributed by atoms with van der Waals surface area (Å²) in [6, 6.07) is 13.0. The summed E-state index contributed by atoms with van der Waals surface area (Å²) in [6.45, 7) is 2.77. The van der Waals surface area contributed by atoms with Crippen molar-refractivity contribution in [3.8, 4) is 5.75 Å². The summed E-state index contributed by atoms with van der Waals surface area (Å²) in [6.07, 6.45) is 0.856. The highest BCUT2D eigenvalue weighted by molar-refractivity contribution is 5.94. The molecule has 2 aromatic rings. The molecule has 2 amide bonds. The Morgan fingerprint density at radius 1 is 1.17 bits per heavy atom. The first-order chi connectivity index (χ1) is 11.6. The molecule has 0 saturated heterocycles. The van der Waals surface area contributed by atoms with Crippen LogP contribution in [0.2, 0.25) is 0 Å². The number of anilines is 1. The predicted octanol–water partition coefficient (Wildman–Crippen LogP) is 2.53. The van der Waals surface area contributed by atoms with Crippen LogP contribution in [0.1, 0.15) is 28.4 Å². The summed E-state index contributed by atoms with van der Waals surface area (Å²) in [5, 5.41) is 2.92. The van der Waals surface area contributed by atoms with Crippen molar-refractivity contribution < 1.29 is 14.3 Å². The number of methoxy groups -OCH3 is 1. The first kappa shape index (κ1) is 16.1. The number of carbonyl (C=O) groups is 2. The van der Waals surface area contributed by atoms with Gasteiger partial charge in [0, 0.05) is 31.3 Å². The van der Waals surface area contributed by atoms with E-state index in [-0.39, 0.29) is 11.8 Å². The van der Waals surface area contributed by atoms with E-state index in [1.807, 2.05) is 12.1 Å². The Labute approximate surface area is 141 Å². The van der Waals surface area contributed by atoms with Crippen molar-refractivity contribution >= 4 is 17.5 Å². The molecule has 1 heterocycles. The van der Waals surface area contributed by atoms with Crippen LogP contribution in [-0.4, -0.2) is 25.5 Å². The van der Waals surface area contributed by atoms with Gasteiger partial charge in [-0.25, -0.2) is 0 Å². The fraction of sp³-hybridized carbons (Fsp3) is 0.263. The largest absolute Gasteiger partial charge is 0.497 e. The highest BCUT2D eigenvalue weighted by Gasteiger charge is 2.22. The third-order valence-corrected chi connectivity index (χ3v) is 4.22. The van der Waals surface area contributed by atoms with Gasteiger partial charge in [0.1, 0.15) is 5.75 Å². The molecule has 1 N–H and O–H groups in total. The maximum absolute atomic E-state index is 12.2. The number of fused-ring (bicyclic) bond motifs is 1. The first-order valence-corrected chi connectivity index (χ1v) is 7.90. The Bertz CT molecular complexity index is 769. The lowest BCUT2D eigenvalue weighted by Gasteiger charge is -2.15. The zero-order chi connectivity index (χ0) is 17.1. The van der Waals surface area contributed by atoms with Crippen LogP contribution in [0.25, 0.3) is 0 Å². The summed E-state index contributed by atoms with van der Waals surface area (Å²) in [4.78, 5) is 25.5. The summed E-state index contributed by atoms with van der Waals surface area (Å²) in [5.41, 5.74) is 3.76. The van der Waals surface area contributed by atoms with Crippen LogP contribution in [0.5, 0.6) is 5.75 Å². The third-order valence-electron chi connectivity index (χ3n) is 4.22. The Morgan fingerprint density at radius 3 is 2.58 bits per heavy atom. The Balaban J connectivity index is 1.64. The molecule has 0 saturated carbocycles. The topological polar surface area (TPSA) is 58.6 Å². The fourth-order valence-corrected chi connectivity index (χ4v) is 2.92. The molecule has 0 aliphatic carbocycles. The van der Waals surface area contributed by atoms with Crippen molar-refractivity contribution in [3.63, 3.8) is 0 Å². The van der Waals surface area contributed by atoms with Gasteiger partial charge in [-0.3, -0.25) is 9.59 Å². The molecule has 124 valence electrons. The lowest BCUT2D eigenvalue weighted by atomic mass is 10.1. The normalized spacial score (nSPS) is 12.7. The molecule has 0 spiro atoms. The Kier molecular flexibility index (Phi) is 4.51.